The average molecular weight is 336 g/mol. The van der Waals surface area contributed by atoms with E-state index < -0.39 is 0 Å². The van der Waals surface area contributed by atoms with Gasteiger partial charge in [-0.3, -0.25) is 11.1 Å². The molecular formula is C19H37NaO3. The first-order valence-electron chi connectivity index (χ1n) is 9.26. The first-order valence-corrected chi connectivity index (χ1v) is 9.26. The second-order valence-corrected chi connectivity index (χ2v) is 5.95. The van der Waals surface area contributed by atoms with Crippen molar-refractivity contribution in [3.05, 3.63) is 0 Å². The minimum atomic E-state index is -0.250. The SMILES string of the molecule is CCCCCCCCCCCCCCCCC[C-]=O.O=CO.[Na+]. The van der Waals surface area contributed by atoms with Crippen molar-refractivity contribution >= 4 is 12.8 Å². The molecule has 0 saturated heterocycles. The van der Waals surface area contributed by atoms with Gasteiger partial charge in [-0.25, -0.2) is 0 Å². The fraction of sp³-hybridized carbons (Fsp3) is 0.895. The summed E-state index contributed by atoms with van der Waals surface area (Å²) in [6, 6.07) is 0. The zero-order chi connectivity index (χ0) is 16.7. The van der Waals surface area contributed by atoms with Crippen molar-refractivity contribution in [2.24, 2.45) is 0 Å². The summed E-state index contributed by atoms with van der Waals surface area (Å²) in [5, 5.41) is 6.89. The molecule has 0 bridgehead atoms. The van der Waals surface area contributed by atoms with Crippen LogP contribution in [0.2, 0.25) is 0 Å². The summed E-state index contributed by atoms with van der Waals surface area (Å²) in [6.07, 6.45) is 23.2. The van der Waals surface area contributed by atoms with Crippen molar-refractivity contribution in [3.63, 3.8) is 0 Å². The van der Waals surface area contributed by atoms with Gasteiger partial charge in [0.15, 0.2) is 0 Å². The Morgan fingerprint density at radius 3 is 1.22 bits per heavy atom. The van der Waals surface area contributed by atoms with E-state index in [0.29, 0.717) is 6.42 Å². The Morgan fingerprint density at radius 1 is 0.696 bits per heavy atom. The predicted molar refractivity (Wildman–Crippen MR) is 93.9 cm³/mol. The minimum Gasteiger partial charge on any atom is -0.542 e. The van der Waals surface area contributed by atoms with E-state index in [1.165, 1.54) is 89.9 Å². The second-order valence-electron chi connectivity index (χ2n) is 5.95. The van der Waals surface area contributed by atoms with Crippen LogP contribution < -0.4 is 29.6 Å². The molecule has 0 heterocycles. The van der Waals surface area contributed by atoms with Gasteiger partial charge in [0.25, 0.3) is 6.47 Å². The molecule has 0 aromatic carbocycles. The fourth-order valence-corrected chi connectivity index (χ4v) is 2.57. The number of carboxylic acid groups (broad SMARTS) is 1. The van der Waals surface area contributed by atoms with Gasteiger partial charge in [-0.1, -0.05) is 103 Å². The Labute approximate surface area is 166 Å². The Kier molecular flexibility index (Phi) is 36.6. The van der Waals surface area contributed by atoms with E-state index >= 15 is 0 Å². The normalized spacial score (nSPS) is 9.43. The van der Waals surface area contributed by atoms with Crippen molar-refractivity contribution in [1.29, 1.82) is 0 Å². The summed E-state index contributed by atoms with van der Waals surface area (Å²) in [7, 11) is 0. The van der Waals surface area contributed by atoms with Gasteiger partial charge in [-0.2, -0.15) is 6.42 Å². The van der Waals surface area contributed by atoms with Crippen LogP contribution in [0.5, 0.6) is 0 Å². The molecule has 0 saturated carbocycles. The smallest absolute Gasteiger partial charge is 0.542 e. The topological polar surface area (TPSA) is 54.4 Å². The van der Waals surface area contributed by atoms with Gasteiger partial charge in [0.05, 0.1) is 0 Å². The standard InChI is InChI=1S/C18H35O.CH2O2.Na/c1-2-3-4-5-6-7-8-9-10-11-12-13-14-15-16-17-18-19;2-1-3;/h2-17H2,1H3;1H,(H,2,3);/q-1;;+1. The maximum atomic E-state index is 10.0. The Bertz CT molecular complexity index is 211. The molecule has 1 N–H and O–H groups in total. The molecule has 0 spiro atoms. The van der Waals surface area contributed by atoms with Crippen molar-refractivity contribution in [2.75, 3.05) is 0 Å². The summed E-state index contributed by atoms with van der Waals surface area (Å²) >= 11 is 0. The van der Waals surface area contributed by atoms with Crippen LogP contribution in [0.1, 0.15) is 110 Å². The summed E-state index contributed by atoms with van der Waals surface area (Å²) in [5.74, 6) is 0. The maximum Gasteiger partial charge on any atom is 1.00 e. The molecule has 0 aromatic heterocycles. The van der Waals surface area contributed by atoms with Crippen LogP contribution in [0.3, 0.4) is 0 Å². The van der Waals surface area contributed by atoms with E-state index in [0.717, 1.165) is 6.42 Å². The van der Waals surface area contributed by atoms with Gasteiger partial charge in [0, 0.05) is 0 Å². The summed E-state index contributed by atoms with van der Waals surface area (Å²) < 4.78 is 0. The first kappa shape index (κ1) is 28.0. The molecule has 0 aromatic rings. The quantitative estimate of drug-likeness (QED) is 0.204. The van der Waals surface area contributed by atoms with Crippen LogP contribution in [0.15, 0.2) is 0 Å². The molecule has 3 nitrogen and oxygen atoms in total. The van der Waals surface area contributed by atoms with Gasteiger partial charge in [-0.05, 0) is 0 Å². The van der Waals surface area contributed by atoms with E-state index in [2.05, 4.69) is 6.92 Å². The van der Waals surface area contributed by atoms with Crippen molar-refractivity contribution < 1.29 is 44.3 Å². The molecule has 0 unspecified atom stereocenters. The van der Waals surface area contributed by atoms with E-state index in [1.54, 1.807) is 0 Å². The van der Waals surface area contributed by atoms with E-state index in [4.69, 9.17) is 9.90 Å². The zero-order valence-electron chi connectivity index (χ0n) is 15.7. The zero-order valence-corrected chi connectivity index (χ0v) is 17.7. The van der Waals surface area contributed by atoms with Gasteiger partial charge in [0.2, 0.25) is 0 Å². The molecule has 0 fully saturated rings. The summed E-state index contributed by atoms with van der Waals surface area (Å²) in [6.45, 7) is 2.03. The predicted octanol–water partition coefficient (Wildman–Crippen LogP) is 3.06. The largest absolute Gasteiger partial charge is 1.00 e. The third-order valence-corrected chi connectivity index (χ3v) is 3.88. The molecule has 0 radical (unpaired) electrons. The van der Waals surface area contributed by atoms with E-state index in [-0.39, 0.29) is 36.0 Å². The number of hydrogen-bond donors (Lipinski definition) is 1. The molecule has 0 aliphatic rings. The second kappa shape index (κ2) is 30.1. The van der Waals surface area contributed by atoms with Crippen molar-refractivity contribution in [3.8, 4) is 0 Å². The summed E-state index contributed by atoms with van der Waals surface area (Å²) in [5.41, 5.74) is 0. The van der Waals surface area contributed by atoms with Gasteiger partial charge in [-0.15, -0.1) is 0 Å². The first-order chi connectivity index (χ1) is 10.8. The number of hydrogen-bond acceptors (Lipinski definition) is 2. The Hall–Kier alpha value is 0.140. The molecule has 0 aliphatic carbocycles. The molecule has 23 heavy (non-hydrogen) atoms. The Morgan fingerprint density at radius 2 is 0.957 bits per heavy atom. The summed E-state index contributed by atoms with van der Waals surface area (Å²) in [4.78, 5) is 18.4. The van der Waals surface area contributed by atoms with Crippen LogP contribution in [-0.2, 0) is 9.59 Å². The van der Waals surface area contributed by atoms with Crippen LogP contribution in [0.25, 0.3) is 0 Å². The number of unbranched alkanes of at least 4 members (excludes halogenated alkanes) is 15. The van der Waals surface area contributed by atoms with E-state index in [9.17, 15) is 4.79 Å². The van der Waals surface area contributed by atoms with Crippen molar-refractivity contribution in [1.82, 2.24) is 0 Å². The Balaban J connectivity index is -0.000000920. The number of carbonyl (C=O) groups excluding carboxylic acids is 1. The molecule has 0 aliphatic heterocycles. The maximum absolute atomic E-state index is 10.0. The molecule has 0 rings (SSSR count). The molecular weight excluding hydrogens is 299 g/mol. The van der Waals surface area contributed by atoms with Crippen molar-refractivity contribution in [2.45, 2.75) is 110 Å². The third kappa shape index (κ3) is 34.5. The van der Waals surface area contributed by atoms with E-state index in [1.807, 2.05) is 6.29 Å². The van der Waals surface area contributed by atoms with Crippen LogP contribution in [-0.4, -0.2) is 17.9 Å². The third-order valence-electron chi connectivity index (χ3n) is 3.88. The number of rotatable bonds is 16. The van der Waals surface area contributed by atoms with Crippen LogP contribution in [0.4, 0.5) is 0 Å². The molecule has 132 valence electrons. The van der Waals surface area contributed by atoms with Gasteiger partial charge in [0.1, 0.15) is 0 Å². The fourth-order valence-electron chi connectivity index (χ4n) is 2.57. The van der Waals surface area contributed by atoms with Crippen LogP contribution in [0, 0.1) is 0 Å². The number of carbonyl (C=O) groups is 1. The molecule has 0 amide bonds. The van der Waals surface area contributed by atoms with Crippen LogP contribution >= 0.6 is 0 Å². The monoisotopic (exact) mass is 336 g/mol. The van der Waals surface area contributed by atoms with Gasteiger partial charge >= 0.3 is 29.6 Å². The molecule has 4 heteroatoms. The molecule has 0 atom stereocenters. The minimum absolute atomic E-state index is 0. The average Bonchev–Trinajstić information content (AvgIpc) is 2.52. The van der Waals surface area contributed by atoms with Gasteiger partial charge < -0.3 is 9.90 Å².